The molecule has 0 aliphatic carbocycles. The molecule has 134 valence electrons. The molecule has 0 saturated carbocycles. The molecular weight excluding hydrogens is 342 g/mol. The quantitative estimate of drug-likeness (QED) is 0.471. The number of benzene rings is 1. The van der Waals surface area contributed by atoms with Crippen molar-refractivity contribution in [3.8, 4) is 0 Å². The number of amides is 1. The largest absolute Gasteiger partial charge is 0.382 e. The van der Waals surface area contributed by atoms with Crippen LogP contribution < -0.4 is 22.5 Å². The van der Waals surface area contributed by atoms with Gasteiger partial charge in [0.2, 0.25) is 0 Å². The molecule has 1 amide bonds. The topological polar surface area (TPSA) is 145 Å². The third kappa shape index (κ3) is 6.64. The van der Waals surface area contributed by atoms with Gasteiger partial charge < -0.3 is 17.2 Å². The first-order chi connectivity index (χ1) is 11.7. The fraction of sp³-hybridized carbons (Fsp3) is 0.250. The molecule has 1 aromatic heterocycles. The molecule has 1 aromatic carbocycles. The smallest absolute Gasteiger partial charge is 0.280 e. The number of halogens is 1. The minimum Gasteiger partial charge on any atom is -0.382 e. The van der Waals surface area contributed by atoms with Gasteiger partial charge >= 0.3 is 0 Å². The minimum absolute atomic E-state index is 0.0355. The molecule has 0 aliphatic rings. The highest BCUT2D eigenvalue weighted by Crippen LogP contribution is 2.16. The number of aromatic nitrogens is 2. The maximum Gasteiger partial charge on any atom is 0.280 e. The predicted molar refractivity (Wildman–Crippen MR) is 101 cm³/mol. The molecule has 0 saturated heterocycles. The number of nitrogens with zero attached hydrogens (tertiary/aromatic N) is 3. The second kappa shape index (κ2) is 9.43. The van der Waals surface area contributed by atoms with Gasteiger partial charge in [-0.2, -0.15) is 0 Å². The lowest BCUT2D eigenvalue weighted by atomic mass is 10.2. The molecule has 1 heterocycles. The maximum absolute atomic E-state index is 11.7. The van der Waals surface area contributed by atoms with E-state index >= 15 is 0 Å². The van der Waals surface area contributed by atoms with Crippen LogP contribution in [0.15, 0.2) is 29.3 Å². The van der Waals surface area contributed by atoms with Gasteiger partial charge in [0.1, 0.15) is 0 Å². The Labute approximate surface area is 151 Å². The van der Waals surface area contributed by atoms with Gasteiger partial charge in [-0.05, 0) is 20.8 Å². The number of nitrogen functional groups attached to an aromatic ring is 2. The van der Waals surface area contributed by atoms with Crippen molar-refractivity contribution in [1.29, 1.82) is 0 Å². The number of rotatable bonds is 2. The summed E-state index contributed by atoms with van der Waals surface area (Å²) in [6, 6.07) is 8.48. The molecule has 0 atom stereocenters. The fourth-order valence-electron chi connectivity index (χ4n) is 1.63. The number of anilines is 2. The van der Waals surface area contributed by atoms with Gasteiger partial charge in [0.25, 0.3) is 5.91 Å². The third-order valence-corrected chi connectivity index (χ3v) is 3.19. The third-order valence-electron chi connectivity index (χ3n) is 2.91. The summed E-state index contributed by atoms with van der Waals surface area (Å²) in [6.45, 7) is 6.40. The summed E-state index contributed by atoms with van der Waals surface area (Å²) in [5, 5.41) is 2.19. The zero-order valence-electron chi connectivity index (χ0n) is 14.4. The van der Waals surface area contributed by atoms with Gasteiger partial charge in [-0.3, -0.25) is 15.1 Å². The SMILES string of the molecule is CCN=C(N)NC(=O)c1nc(Cl)c(N)nc1N.Cc1ccc(C)cc1. The van der Waals surface area contributed by atoms with Crippen LogP contribution >= 0.6 is 11.6 Å². The van der Waals surface area contributed by atoms with Crippen molar-refractivity contribution in [2.75, 3.05) is 18.0 Å². The van der Waals surface area contributed by atoms with E-state index in [-0.39, 0.29) is 28.4 Å². The molecule has 0 fully saturated rings. The summed E-state index contributed by atoms with van der Waals surface area (Å²) in [5.41, 5.74) is 18.8. The normalized spacial score (nSPS) is 10.6. The number of hydrogen-bond donors (Lipinski definition) is 4. The highest BCUT2D eigenvalue weighted by molar-refractivity contribution is 6.31. The van der Waals surface area contributed by atoms with Gasteiger partial charge in [-0.25, -0.2) is 9.97 Å². The van der Waals surface area contributed by atoms with Crippen molar-refractivity contribution in [1.82, 2.24) is 15.3 Å². The van der Waals surface area contributed by atoms with E-state index in [1.165, 1.54) is 11.1 Å². The van der Waals surface area contributed by atoms with Gasteiger partial charge in [0, 0.05) is 6.54 Å². The number of aryl methyl sites for hydroxylation is 2. The van der Waals surface area contributed by atoms with Gasteiger partial charge in [-0.1, -0.05) is 47.0 Å². The number of hydrogen-bond acceptors (Lipinski definition) is 6. The molecule has 8 nitrogen and oxygen atoms in total. The molecule has 9 heteroatoms. The van der Waals surface area contributed by atoms with Gasteiger partial charge in [0.15, 0.2) is 28.4 Å². The number of guanidine groups is 1. The lowest BCUT2D eigenvalue weighted by Crippen LogP contribution is -2.37. The first-order valence-corrected chi connectivity index (χ1v) is 7.85. The molecule has 25 heavy (non-hydrogen) atoms. The van der Waals surface area contributed by atoms with Crippen LogP contribution in [0.3, 0.4) is 0 Å². The lowest BCUT2D eigenvalue weighted by Gasteiger charge is -2.06. The Hall–Kier alpha value is -2.87. The standard InChI is InChI=1S/C8H12ClN7O.C8H10/c1-2-13-8(12)16-7(17)3-5(10)15-6(11)4(9)14-3;1-7-3-5-8(2)6-4-7/h2H2,1H3,(H4,10,11,15)(H3,12,13,16,17);3-6H,1-2H3. The summed E-state index contributed by atoms with van der Waals surface area (Å²) in [7, 11) is 0. The molecule has 2 rings (SSSR count). The van der Waals surface area contributed by atoms with Crippen molar-refractivity contribution < 1.29 is 4.79 Å². The van der Waals surface area contributed by atoms with Crippen molar-refractivity contribution in [3.63, 3.8) is 0 Å². The Bertz CT molecular complexity index is 739. The number of carbonyl (C=O) groups is 1. The summed E-state index contributed by atoms with van der Waals surface area (Å²) in [6.07, 6.45) is 0. The number of aliphatic imine (C=N–C) groups is 1. The Morgan fingerprint density at radius 2 is 1.64 bits per heavy atom. The molecule has 2 aromatic rings. The van der Waals surface area contributed by atoms with E-state index < -0.39 is 5.91 Å². The second-order valence-corrected chi connectivity index (χ2v) is 5.46. The Morgan fingerprint density at radius 1 is 1.12 bits per heavy atom. The second-order valence-electron chi connectivity index (χ2n) is 5.10. The Kier molecular flexibility index (Phi) is 7.61. The van der Waals surface area contributed by atoms with Crippen LogP contribution in [0.4, 0.5) is 11.6 Å². The first kappa shape index (κ1) is 20.2. The van der Waals surface area contributed by atoms with E-state index in [1.54, 1.807) is 6.92 Å². The van der Waals surface area contributed by atoms with Crippen molar-refractivity contribution in [3.05, 3.63) is 46.2 Å². The average Bonchev–Trinajstić information content (AvgIpc) is 2.54. The van der Waals surface area contributed by atoms with E-state index in [0.717, 1.165) is 0 Å². The van der Waals surface area contributed by atoms with E-state index in [4.69, 9.17) is 28.8 Å². The summed E-state index contributed by atoms with van der Waals surface area (Å²) >= 11 is 5.63. The first-order valence-electron chi connectivity index (χ1n) is 7.47. The highest BCUT2D eigenvalue weighted by atomic mass is 35.5. The monoisotopic (exact) mass is 363 g/mol. The lowest BCUT2D eigenvalue weighted by molar-refractivity contribution is 0.0972. The van der Waals surface area contributed by atoms with Crippen molar-refractivity contribution in [2.45, 2.75) is 20.8 Å². The number of nitrogens with two attached hydrogens (primary N) is 3. The van der Waals surface area contributed by atoms with Crippen LogP contribution in [-0.2, 0) is 0 Å². The molecule has 0 spiro atoms. The van der Waals surface area contributed by atoms with Crippen LogP contribution in [-0.4, -0.2) is 28.4 Å². The number of nitrogens with one attached hydrogen (secondary N) is 1. The zero-order chi connectivity index (χ0) is 19.0. The highest BCUT2D eigenvalue weighted by Gasteiger charge is 2.16. The van der Waals surface area contributed by atoms with E-state index in [2.05, 4.69) is 58.4 Å². The van der Waals surface area contributed by atoms with Crippen molar-refractivity contribution >= 4 is 35.1 Å². The summed E-state index contributed by atoms with van der Waals surface area (Å²) < 4.78 is 0. The maximum atomic E-state index is 11.7. The number of carbonyl (C=O) groups excluding carboxylic acids is 1. The fourth-order valence-corrected chi connectivity index (χ4v) is 1.76. The van der Waals surface area contributed by atoms with E-state index in [1.807, 2.05) is 0 Å². The van der Waals surface area contributed by atoms with Crippen LogP contribution in [0.2, 0.25) is 5.15 Å². The van der Waals surface area contributed by atoms with Crippen molar-refractivity contribution in [2.24, 2.45) is 10.7 Å². The molecular formula is C16H22ClN7O. The molecule has 0 bridgehead atoms. The molecule has 0 radical (unpaired) electrons. The minimum atomic E-state index is -0.647. The molecule has 7 N–H and O–H groups in total. The Morgan fingerprint density at radius 3 is 2.12 bits per heavy atom. The summed E-state index contributed by atoms with van der Waals surface area (Å²) in [5.74, 6) is -0.858. The summed E-state index contributed by atoms with van der Waals surface area (Å²) in [4.78, 5) is 22.8. The van der Waals surface area contributed by atoms with Crippen LogP contribution in [0.25, 0.3) is 0 Å². The van der Waals surface area contributed by atoms with Crippen LogP contribution in [0.5, 0.6) is 0 Å². The van der Waals surface area contributed by atoms with Crippen LogP contribution in [0, 0.1) is 13.8 Å². The Balaban J connectivity index is 0.000000324. The predicted octanol–water partition coefficient (Wildman–Crippen LogP) is 1.66. The average molecular weight is 364 g/mol. The van der Waals surface area contributed by atoms with E-state index in [9.17, 15) is 4.79 Å². The van der Waals surface area contributed by atoms with E-state index in [0.29, 0.717) is 6.54 Å². The molecule has 0 aliphatic heterocycles. The van der Waals surface area contributed by atoms with Gasteiger partial charge in [-0.15, -0.1) is 0 Å². The zero-order valence-corrected chi connectivity index (χ0v) is 15.1. The molecule has 0 unspecified atom stereocenters. The van der Waals surface area contributed by atoms with Crippen LogP contribution in [0.1, 0.15) is 28.5 Å². The van der Waals surface area contributed by atoms with Gasteiger partial charge in [0.05, 0.1) is 0 Å².